The molecule has 240 valence electrons. The summed E-state index contributed by atoms with van der Waals surface area (Å²) in [6.07, 6.45) is -0.380. The van der Waals surface area contributed by atoms with Gasteiger partial charge in [-0.05, 0) is 82.7 Å². The first-order valence-corrected chi connectivity index (χ1v) is 15.5. The van der Waals surface area contributed by atoms with Crippen molar-refractivity contribution in [2.45, 2.75) is 77.6 Å². The van der Waals surface area contributed by atoms with E-state index in [1.165, 1.54) is 19.1 Å². The normalized spacial score (nSPS) is 24.5. The van der Waals surface area contributed by atoms with Crippen molar-refractivity contribution in [2.24, 2.45) is 11.8 Å². The number of nitrogens with zero attached hydrogens (tertiary/aromatic N) is 6. The van der Waals surface area contributed by atoms with Gasteiger partial charge in [0, 0.05) is 43.2 Å². The van der Waals surface area contributed by atoms with Crippen molar-refractivity contribution in [3.63, 3.8) is 0 Å². The number of aromatic nitrogens is 3. The minimum absolute atomic E-state index is 0.0144. The van der Waals surface area contributed by atoms with Crippen LogP contribution < -0.4 is 15.4 Å². The standard InChI is InChI=1S/C32H44F3N7O2/c1-7-27(43)41-11-12-42(20(5)16-41)30-24-14-22(18(2)3)23(29-28(32(33,34)35)19(4)13-26(36)38-29)15-25(24)37-31(39-30)44-17-21-9-8-10-40(21)6/h7,13,18,20-23H,1,8-12,14-17H2,2-6H3,(H2,36,38)/t20?,21?,22-,23+/m1/s1. The highest BCUT2D eigenvalue weighted by Crippen LogP contribution is 2.47. The number of alkyl halides is 3. The fraction of sp³-hybridized carbons (Fsp3) is 0.625. The van der Waals surface area contributed by atoms with Crippen LogP contribution in [0.3, 0.4) is 0 Å². The number of fused-ring (bicyclic) bond motifs is 1. The lowest BCUT2D eigenvalue weighted by Crippen LogP contribution is -2.54. The van der Waals surface area contributed by atoms with Gasteiger partial charge in [-0.25, -0.2) is 4.98 Å². The third-order valence-electron chi connectivity index (χ3n) is 9.64. The van der Waals surface area contributed by atoms with E-state index in [0.717, 1.165) is 30.8 Å². The van der Waals surface area contributed by atoms with Crippen LogP contribution in [0.4, 0.5) is 24.8 Å². The number of hydrogen-bond acceptors (Lipinski definition) is 8. The van der Waals surface area contributed by atoms with E-state index in [1.54, 1.807) is 4.90 Å². The number of pyridine rings is 1. The van der Waals surface area contributed by atoms with Crippen molar-refractivity contribution in [1.82, 2.24) is 24.8 Å². The highest BCUT2D eigenvalue weighted by Gasteiger charge is 2.44. The lowest BCUT2D eigenvalue weighted by Gasteiger charge is -2.43. The Balaban J connectivity index is 1.58. The molecule has 2 N–H and O–H groups in total. The van der Waals surface area contributed by atoms with Crippen molar-refractivity contribution in [3.8, 4) is 6.01 Å². The van der Waals surface area contributed by atoms with E-state index in [-0.39, 0.29) is 59.3 Å². The molecule has 4 heterocycles. The number of aryl methyl sites for hydroxylation is 1. The van der Waals surface area contributed by atoms with E-state index >= 15 is 0 Å². The number of carbonyl (C=O) groups is 1. The zero-order valence-electron chi connectivity index (χ0n) is 26.3. The van der Waals surface area contributed by atoms with Gasteiger partial charge in [0.05, 0.1) is 17.0 Å². The van der Waals surface area contributed by atoms with Crippen molar-refractivity contribution < 1.29 is 22.7 Å². The smallest absolute Gasteiger partial charge is 0.418 e. The topological polar surface area (TPSA) is 101 Å². The lowest BCUT2D eigenvalue weighted by molar-refractivity contribution is -0.139. The van der Waals surface area contributed by atoms with Crippen LogP contribution in [0.1, 0.15) is 67.6 Å². The Bertz CT molecular complexity index is 1400. The molecule has 1 amide bonds. The second-order valence-corrected chi connectivity index (χ2v) is 12.9. The van der Waals surface area contributed by atoms with Crippen LogP contribution >= 0.6 is 0 Å². The predicted molar refractivity (Wildman–Crippen MR) is 164 cm³/mol. The summed E-state index contributed by atoms with van der Waals surface area (Å²) in [5.41, 5.74) is 6.99. The number of hydrogen-bond donors (Lipinski definition) is 1. The number of anilines is 2. The summed E-state index contributed by atoms with van der Waals surface area (Å²) in [5, 5.41) is 0. The number of nitrogen functional groups attached to an aromatic ring is 1. The highest BCUT2D eigenvalue weighted by atomic mass is 19.4. The van der Waals surface area contributed by atoms with Gasteiger partial charge >= 0.3 is 12.2 Å². The Labute approximate surface area is 257 Å². The maximum absolute atomic E-state index is 14.5. The van der Waals surface area contributed by atoms with E-state index in [1.807, 2.05) is 20.8 Å². The molecule has 2 saturated heterocycles. The molecule has 4 atom stereocenters. The number of rotatable bonds is 7. The molecule has 9 nitrogen and oxygen atoms in total. The average Bonchev–Trinajstić information content (AvgIpc) is 3.37. The van der Waals surface area contributed by atoms with Gasteiger partial charge in [0.25, 0.3) is 0 Å². The maximum atomic E-state index is 14.5. The fourth-order valence-electron chi connectivity index (χ4n) is 7.24. The molecule has 44 heavy (non-hydrogen) atoms. The number of ether oxygens (including phenoxy) is 1. The van der Waals surface area contributed by atoms with Gasteiger partial charge < -0.3 is 25.2 Å². The third-order valence-corrected chi connectivity index (χ3v) is 9.64. The minimum Gasteiger partial charge on any atom is -0.462 e. The number of likely N-dealkylation sites (tertiary alicyclic amines) is 1. The molecule has 1 aliphatic carbocycles. The van der Waals surface area contributed by atoms with Gasteiger partial charge in [0.1, 0.15) is 18.2 Å². The molecule has 5 rings (SSSR count). The molecule has 3 aliphatic rings. The Hall–Kier alpha value is -3.41. The molecule has 12 heteroatoms. The molecule has 2 fully saturated rings. The first-order chi connectivity index (χ1) is 20.8. The molecule has 2 aliphatic heterocycles. The molecule has 2 aromatic rings. The first kappa shape index (κ1) is 32.0. The van der Waals surface area contributed by atoms with Crippen molar-refractivity contribution in [1.29, 1.82) is 0 Å². The van der Waals surface area contributed by atoms with E-state index in [4.69, 9.17) is 20.4 Å². The van der Waals surface area contributed by atoms with Gasteiger partial charge in [-0.1, -0.05) is 20.4 Å². The number of piperazine rings is 1. The minimum atomic E-state index is -4.57. The van der Waals surface area contributed by atoms with Crippen LogP contribution in [-0.2, 0) is 23.8 Å². The quantitative estimate of drug-likeness (QED) is 0.450. The second kappa shape index (κ2) is 12.5. The molecular formula is C32H44F3N7O2. The molecule has 2 aromatic heterocycles. The second-order valence-electron chi connectivity index (χ2n) is 12.9. The number of halogens is 3. The molecule has 2 unspecified atom stereocenters. The van der Waals surface area contributed by atoms with Crippen LogP contribution in [0.2, 0.25) is 0 Å². The van der Waals surface area contributed by atoms with Crippen LogP contribution in [0.25, 0.3) is 0 Å². The largest absolute Gasteiger partial charge is 0.462 e. The third kappa shape index (κ3) is 6.36. The van der Waals surface area contributed by atoms with Gasteiger partial charge in [-0.3, -0.25) is 4.79 Å². The summed E-state index contributed by atoms with van der Waals surface area (Å²) < 4.78 is 49.6. The predicted octanol–water partition coefficient (Wildman–Crippen LogP) is 4.63. The highest BCUT2D eigenvalue weighted by molar-refractivity contribution is 5.87. The SMILES string of the molecule is C=CC(=O)N1CCN(c2nc(OCC3CCCN3C)nc3c2C[C@H](C(C)C)[C@@H](c2nc(N)cc(C)c2C(F)(F)F)C3)C(C)C1. The lowest BCUT2D eigenvalue weighted by atomic mass is 9.70. The zero-order valence-corrected chi connectivity index (χ0v) is 26.3. The number of likely N-dealkylation sites (N-methyl/N-ethyl adjacent to an activating group) is 1. The summed E-state index contributed by atoms with van der Waals surface area (Å²) in [6.45, 7) is 14.2. The Morgan fingerprint density at radius 2 is 1.95 bits per heavy atom. The molecule has 0 spiro atoms. The van der Waals surface area contributed by atoms with Gasteiger partial charge in [-0.2, -0.15) is 23.1 Å². The molecule has 0 bridgehead atoms. The van der Waals surface area contributed by atoms with E-state index in [0.29, 0.717) is 38.4 Å². The van der Waals surface area contributed by atoms with Crippen molar-refractivity contribution in [3.05, 3.63) is 46.8 Å². The first-order valence-electron chi connectivity index (χ1n) is 15.5. The van der Waals surface area contributed by atoms with Crippen LogP contribution in [0, 0.1) is 18.8 Å². The Morgan fingerprint density at radius 1 is 1.20 bits per heavy atom. The van der Waals surface area contributed by atoms with Crippen LogP contribution in [-0.4, -0.2) is 82.6 Å². The molecule has 0 radical (unpaired) electrons. The van der Waals surface area contributed by atoms with Gasteiger partial charge in [0.2, 0.25) is 5.91 Å². The molecule has 0 aromatic carbocycles. The van der Waals surface area contributed by atoms with E-state index in [2.05, 4.69) is 28.4 Å². The summed E-state index contributed by atoms with van der Waals surface area (Å²) >= 11 is 0. The Kier molecular flexibility index (Phi) is 9.11. The van der Waals surface area contributed by atoms with Gasteiger partial charge in [0.15, 0.2) is 0 Å². The van der Waals surface area contributed by atoms with Crippen LogP contribution in [0.5, 0.6) is 6.01 Å². The zero-order chi connectivity index (χ0) is 31.9. The molecule has 0 saturated carbocycles. The monoisotopic (exact) mass is 615 g/mol. The number of nitrogens with two attached hydrogens (primary N) is 1. The average molecular weight is 616 g/mol. The van der Waals surface area contributed by atoms with E-state index < -0.39 is 17.7 Å². The number of carbonyl (C=O) groups excluding carboxylic acids is 1. The Morgan fingerprint density at radius 3 is 2.57 bits per heavy atom. The van der Waals surface area contributed by atoms with Crippen molar-refractivity contribution in [2.75, 3.05) is 50.5 Å². The number of amides is 1. The van der Waals surface area contributed by atoms with Crippen molar-refractivity contribution >= 4 is 17.5 Å². The summed E-state index contributed by atoms with van der Waals surface area (Å²) in [5.74, 6) is 0.0559. The summed E-state index contributed by atoms with van der Waals surface area (Å²) in [7, 11) is 2.07. The summed E-state index contributed by atoms with van der Waals surface area (Å²) in [6, 6.07) is 1.71. The molecular weight excluding hydrogens is 571 g/mol. The fourth-order valence-corrected chi connectivity index (χ4v) is 7.24. The maximum Gasteiger partial charge on any atom is 0.418 e. The van der Waals surface area contributed by atoms with Crippen LogP contribution in [0.15, 0.2) is 18.7 Å². The van der Waals surface area contributed by atoms with Gasteiger partial charge in [-0.15, -0.1) is 0 Å². The van der Waals surface area contributed by atoms with E-state index in [9.17, 15) is 18.0 Å². The summed E-state index contributed by atoms with van der Waals surface area (Å²) in [4.78, 5) is 32.7.